The molecule has 1 unspecified atom stereocenters. The van der Waals surface area contributed by atoms with Crippen molar-refractivity contribution in [2.75, 3.05) is 21.3 Å². The molecule has 0 bridgehead atoms. The highest BCUT2D eigenvalue weighted by Gasteiger charge is 2.41. The SMILES string of the molecule is COC(=O)C1(OC)CC=C(c2nc(OCc3ccc(OC)cc3)c3cn(CC(F)(F)F)nc3n2)CC1. The van der Waals surface area contributed by atoms with E-state index in [-0.39, 0.29) is 35.8 Å². The average Bonchev–Trinajstić information content (AvgIpc) is 3.27. The Hall–Kier alpha value is -3.67. The van der Waals surface area contributed by atoms with Gasteiger partial charge in [-0.3, -0.25) is 4.68 Å². The van der Waals surface area contributed by atoms with Crippen LogP contribution in [-0.4, -0.2) is 58.8 Å². The summed E-state index contributed by atoms with van der Waals surface area (Å²) in [6.07, 6.45) is -0.518. The van der Waals surface area contributed by atoms with E-state index < -0.39 is 24.3 Å². The van der Waals surface area contributed by atoms with E-state index in [1.807, 2.05) is 12.1 Å². The second-order valence-electron chi connectivity index (χ2n) is 8.29. The largest absolute Gasteiger partial charge is 0.497 e. The number of fused-ring (bicyclic) bond motifs is 1. The number of hydrogen-bond acceptors (Lipinski definition) is 8. The van der Waals surface area contributed by atoms with Gasteiger partial charge in [-0.05, 0) is 36.1 Å². The van der Waals surface area contributed by atoms with Crippen LogP contribution in [0, 0.1) is 0 Å². The first kappa shape index (κ1) is 25.4. The number of alkyl halides is 3. The Kier molecular flexibility index (Phi) is 7.16. The topological polar surface area (TPSA) is 97.6 Å². The van der Waals surface area contributed by atoms with Gasteiger partial charge in [0.05, 0.1) is 14.2 Å². The highest BCUT2D eigenvalue weighted by molar-refractivity contribution is 5.83. The van der Waals surface area contributed by atoms with Crippen LogP contribution in [0.4, 0.5) is 13.2 Å². The molecule has 36 heavy (non-hydrogen) atoms. The van der Waals surface area contributed by atoms with Gasteiger partial charge in [-0.15, -0.1) is 0 Å². The molecule has 192 valence electrons. The Morgan fingerprint density at radius 2 is 1.89 bits per heavy atom. The van der Waals surface area contributed by atoms with E-state index in [9.17, 15) is 18.0 Å². The predicted molar refractivity (Wildman–Crippen MR) is 122 cm³/mol. The van der Waals surface area contributed by atoms with Crippen molar-refractivity contribution in [1.29, 1.82) is 0 Å². The fourth-order valence-electron chi connectivity index (χ4n) is 3.99. The van der Waals surface area contributed by atoms with Gasteiger partial charge in [-0.1, -0.05) is 18.2 Å². The maximum absolute atomic E-state index is 13.0. The van der Waals surface area contributed by atoms with Crippen LogP contribution in [-0.2, 0) is 27.4 Å². The van der Waals surface area contributed by atoms with Crippen molar-refractivity contribution in [2.45, 2.75) is 44.2 Å². The van der Waals surface area contributed by atoms with Crippen molar-refractivity contribution in [3.63, 3.8) is 0 Å². The highest BCUT2D eigenvalue weighted by Crippen LogP contribution is 2.36. The number of esters is 1. The fourth-order valence-corrected chi connectivity index (χ4v) is 3.99. The van der Waals surface area contributed by atoms with Crippen LogP contribution >= 0.6 is 0 Å². The van der Waals surface area contributed by atoms with Gasteiger partial charge < -0.3 is 18.9 Å². The minimum absolute atomic E-state index is 0.0754. The summed E-state index contributed by atoms with van der Waals surface area (Å²) in [5, 5.41) is 4.26. The maximum atomic E-state index is 13.0. The molecule has 0 spiro atoms. The molecule has 4 rings (SSSR count). The first-order chi connectivity index (χ1) is 17.2. The summed E-state index contributed by atoms with van der Waals surface area (Å²) in [7, 11) is 4.30. The molecule has 2 heterocycles. The molecule has 0 aliphatic heterocycles. The van der Waals surface area contributed by atoms with Gasteiger partial charge in [0.2, 0.25) is 5.88 Å². The molecule has 9 nitrogen and oxygen atoms in total. The molecule has 12 heteroatoms. The van der Waals surface area contributed by atoms with Crippen molar-refractivity contribution < 1.29 is 36.9 Å². The number of ether oxygens (including phenoxy) is 4. The number of benzene rings is 1. The first-order valence-corrected chi connectivity index (χ1v) is 11.1. The van der Waals surface area contributed by atoms with E-state index in [1.54, 1.807) is 25.3 Å². The number of allylic oxidation sites excluding steroid dienone is 1. The van der Waals surface area contributed by atoms with Crippen LogP contribution in [0.25, 0.3) is 16.6 Å². The van der Waals surface area contributed by atoms with Gasteiger partial charge in [0, 0.05) is 19.7 Å². The number of hydrogen-bond donors (Lipinski definition) is 0. The molecular formula is C24H25F3N4O5. The van der Waals surface area contributed by atoms with Crippen LogP contribution in [0.5, 0.6) is 11.6 Å². The van der Waals surface area contributed by atoms with Gasteiger partial charge in [-0.25, -0.2) is 9.78 Å². The summed E-state index contributed by atoms with van der Waals surface area (Å²) in [6.45, 7) is -1.15. The van der Waals surface area contributed by atoms with Crippen molar-refractivity contribution in [1.82, 2.24) is 19.7 Å². The summed E-state index contributed by atoms with van der Waals surface area (Å²) in [5.41, 5.74) is 0.482. The van der Waals surface area contributed by atoms with Crippen LogP contribution in [0.1, 0.15) is 30.7 Å². The molecule has 1 atom stereocenters. The third-order valence-corrected chi connectivity index (χ3v) is 5.98. The zero-order valence-corrected chi connectivity index (χ0v) is 20.0. The molecule has 2 aromatic heterocycles. The van der Waals surface area contributed by atoms with Crippen LogP contribution < -0.4 is 9.47 Å². The molecule has 1 aliphatic carbocycles. The molecule has 3 aromatic rings. The van der Waals surface area contributed by atoms with E-state index in [1.165, 1.54) is 20.4 Å². The summed E-state index contributed by atoms with van der Waals surface area (Å²) in [6, 6.07) is 7.17. The van der Waals surface area contributed by atoms with Gasteiger partial charge in [0.1, 0.15) is 24.3 Å². The summed E-state index contributed by atoms with van der Waals surface area (Å²) in [4.78, 5) is 21.1. The Bertz CT molecular complexity index is 1270. The highest BCUT2D eigenvalue weighted by atomic mass is 19.4. The summed E-state index contributed by atoms with van der Waals surface area (Å²) < 4.78 is 61.1. The Morgan fingerprint density at radius 3 is 2.47 bits per heavy atom. The number of aromatic nitrogens is 4. The lowest BCUT2D eigenvalue weighted by molar-refractivity contribution is -0.166. The predicted octanol–water partition coefficient (Wildman–Crippen LogP) is 4.10. The minimum Gasteiger partial charge on any atom is -0.497 e. The quantitative estimate of drug-likeness (QED) is 0.422. The molecule has 1 aliphatic rings. The molecule has 0 saturated carbocycles. The zero-order valence-electron chi connectivity index (χ0n) is 20.0. The first-order valence-electron chi connectivity index (χ1n) is 11.1. The van der Waals surface area contributed by atoms with E-state index in [2.05, 4.69) is 15.1 Å². The second kappa shape index (κ2) is 10.1. The van der Waals surface area contributed by atoms with Crippen molar-refractivity contribution in [3.05, 3.63) is 47.9 Å². The van der Waals surface area contributed by atoms with Crippen LogP contribution in [0.2, 0.25) is 0 Å². The van der Waals surface area contributed by atoms with E-state index in [0.717, 1.165) is 10.2 Å². The molecular weight excluding hydrogens is 481 g/mol. The number of methoxy groups -OCH3 is 3. The van der Waals surface area contributed by atoms with Crippen molar-refractivity contribution in [2.24, 2.45) is 0 Å². The Morgan fingerprint density at radius 1 is 1.14 bits per heavy atom. The zero-order chi connectivity index (χ0) is 25.9. The number of carbonyl (C=O) groups is 1. The van der Waals surface area contributed by atoms with Crippen LogP contribution in [0.15, 0.2) is 36.5 Å². The third-order valence-electron chi connectivity index (χ3n) is 5.98. The molecule has 0 fully saturated rings. The van der Waals surface area contributed by atoms with Crippen LogP contribution in [0.3, 0.4) is 0 Å². The second-order valence-corrected chi connectivity index (χ2v) is 8.29. The van der Waals surface area contributed by atoms with Gasteiger partial charge >= 0.3 is 12.1 Å². The minimum atomic E-state index is -4.45. The molecule has 1 aromatic carbocycles. The number of carbonyl (C=O) groups excluding carboxylic acids is 1. The fraction of sp³-hybridized carbons (Fsp3) is 0.417. The van der Waals surface area contributed by atoms with E-state index in [4.69, 9.17) is 18.9 Å². The van der Waals surface area contributed by atoms with Gasteiger partial charge in [0.25, 0.3) is 0 Å². The Balaban J connectivity index is 1.67. The average molecular weight is 506 g/mol. The summed E-state index contributed by atoms with van der Waals surface area (Å²) >= 11 is 0. The maximum Gasteiger partial charge on any atom is 0.408 e. The lowest BCUT2D eigenvalue weighted by Gasteiger charge is -2.32. The molecule has 0 N–H and O–H groups in total. The molecule has 0 saturated heterocycles. The monoisotopic (exact) mass is 506 g/mol. The standard InChI is InChI=1S/C24H25F3N4O5/c1-33-17-6-4-15(5-7-17)13-36-21-18-12-31(14-24(25,26)27)30-20(18)28-19(29-21)16-8-10-23(35-3,11-9-16)22(32)34-2/h4-8,12H,9-11,13-14H2,1-3H3. The number of halogens is 3. The third kappa shape index (κ3) is 5.43. The Labute approximate surface area is 204 Å². The lowest BCUT2D eigenvalue weighted by Crippen LogP contribution is -2.42. The van der Waals surface area contributed by atoms with Crippen molar-refractivity contribution >= 4 is 22.6 Å². The smallest absolute Gasteiger partial charge is 0.408 e. The van der Waals surface area contributed by atoms with Gasteiger partial charge in [-0.2, -0.15) is 23.3 Å². The number of nitrogens with zero attached hydrogens (tertiary/aromatic N) is 4. The molecule has 0 amide bonds. The number of rotatable bonds is 8. The van der Waals surface area contributed by atoms with Crippen molar-refractivity contribution in [3.8, 4) is 11.6 Å². The van der Waals surface area contributed by atoms with E-state index in [0.29, 0.717) is 24.2 Å². The van der Waals surface area contributed by atoms with E-state index >= 15 is 0 Å². The normalized spacial score (nSPS) is 18.1. The summed E-state index contributed by atoms with van der Waals surface area (Å²) in [5.74, 6) is 0.573. The lowest BCUT2D eigenvalue weighted by atomic mass is 9.85. The van der Waals surface area contributed by atoms with Gasteiger partial charge in [0.15, 0.2) is 17.1 Å². The molecule has 0 radical (unpaired) electrons.